The Balaban J connectivity index is 1.82. The molecule has 2 aliphatic rings. The van der Waals surface area contributed by atoms with E-state index in [-0.39, 0.29) is 17.0 Å². The minimum atomic E-state index is -0.567. The molecule has 2 heterocycles. The summed E-state index contributed by atoms with van der Waals surface area (Å²) in [5, 5.41) is 10.7. The fourth-order valence-corrected chi connectivity index (χ4v) is 3.45. The van der Waals surface area contributed by atoms with E-state index in [0.717, 1.165) is 31.9 Å². The molecular formula is C13H17ClFN3O. The van der Waals surface area contributed by atoms with Crippen LogP contribution in [0.1, 0.15) is 32.1 Å². The normalized spacial score (nSPS) is 31.1. The van der Waals surface area contributed by atoms with Gasteiger partial charge in [-0.1, -0.05) is 12.8 Å². The summed E-state index contributed by atoms with van der Waals surface area (Å²) < 4.78 is 13.8. The third-order valence-corrected chi connectivity index (χ3v) is 4.61. The van der Waals surface area contributed by atoms with Gasteiger partial charge in [0, 0.05) is 19.0 Å². The van der Waals surface area contributed by atoms with Crippen LogP contribution < -0.4 is 4.90 Å². The minimum absolute atomic E-state index is 0.0564. The maximum absolute atomic E-state index is 13.8. The van der Waals surface area contributed by atoms with Crippen LogP contribution in [0.4, 0.5) is 10.2 Å². The highest BCUT2D eigenvalue weighted by atomic mass is 35.5. The van der Waals surface area contributed by atoms with Crippen molar-refractivity contribution in [2.24, 2.45) is 5.92 Å². The van der Waals surface area contributed by atoms with E-state index in [0.29, 0.717) is 19.5 Å². The fourth-order valence-electron chi connectivity index (χ4n) is 3.32. The van der Waals surface area contributed by atoms with Crippen LogP contribution in [0.5, 0.6) is 0 Å². The van der Waals surface area contributed by atoms with Gasteiger partial charge in [0.05, 0.1) is 11.8 Å². The first kappa shape index (κ1) is 13.1. The molecule has 0 aromatic carbocycles. The van der Waals surface area contributed by atoms with Gasteiger partial charge in [-0.3, -0.25) is 0 Å². The van der Waals surface area contributed by atoms with Crippen molar-refractivity contribution in [3.05, 3.63) is 17.3 Å². The molecule has 1 saturated heterocycles. The van der Waals surface area contributed by atoms with Crippen LogP contribution in [0.15, 0.2) is 6.20 Å². The van der Waals surface area contributed by atoms with Crippen molar-refractivity contribution in [2.45, 2.75) is 37.7 Å². The van der Waals surface area contributed by atoms with Crippen LogP contribution >= 0.6 is 11.6 Å². The van der Waals surface area contributed by atoms with Gasteiger partial charge < -0.3 is 10.0 Å². The molecule has 1 saturated carbocycles. The summed E-state index contributed by atoms with van der Waals surface area (Å²) in [4.78, 5) is 9.50. The maximum Gasteiger partial charge on any atom is 0.224 e. The van der Waals surface area contributed by atoms with Gasteiger partial charge in [-0.15, -0.1) is 0 Å². The summed E-state index contributed by atoms with van der Waals surface area (Å²) in [5.74, 6) is 0.00131. The first-order chi connectivity index (χ1) is 9.08. The third kappa shape index (κ3) is 2.41. The molecule has 2 fully saturated rings. The quantitative estimate of drug-likeness (QED) is 0.805. The van der Waals surface area contributed by atoms with Crippen LogP contribution in [-0.4, -0.2) is 33.8 Å². The highest BCUT2D eigenvalue weighted by molar-refractivity contribution is 6.28. The largest absolute Gasteiger partial charge is 0.389 e. The summed E-state index contributed by atoms with van der Waals surface area (Å²) in [5.41, 5.74) is -0.567. The van der Waals surface area contributed by atoms with Crippen molar-refractivity contribution in [2.75, 3.05) is 18.0 Å². The van der Waals surface area contributed by atoms with Gasteiger partial charge in [0.1, 0.15) is 0 Å². The summed E-state index contributed by atoms with van der Waals surface area (Å²) in [6.45, 7) is 1.25. The van der Waals surface area contributed by atoms with Gasteiger partial charge in [0.2, 0.25) is 5.28 Å². The zero-order valence-electron chi connectivity index (χ0n) is 10.6. The Hall–Kier alpha value is -0.940. The Morgan fingerprint density at radius 1 is 1.42 bits per heavy atom. The number of hydrogen-bond donors (Lipinski definition) is 1. The van der Waals surface area contributed by atoms with Crippen LogP contribution in [0.2, 0.25) is 5.28 Å². The zero-order chi connectivity index (χ0) is 13.5. The number of nitrogens with zero attached hydrogens (tertiary/aromatic N) is 3. The SMILES string of the molecule is OC12CCCCC1CN(c1nc(Cl)ncc1F)CC2. The molecule has 2 atom stereocenters. The molecule has 4 nitrogen and oxygen atoms in total. The molecule has 3 rings (SSSR count). The monoisotopic (exact) mass is 285 g/mol. The average molecular weight is 286 g/mol. The molecule has 0 bridgehead atoms. The van der Waals surface area contributed by atoms with Crippen molar-refractivity contribution in [1.82, 2.24) is 9.97 Å². The van der Waals surface area contributed by atoms with E-state index >= 15 is 0 Å². The lowest BCUT2D eigenvalue weighted by Gasteiger charge is -2.47. The average Bonchev–Trinajstić information content (AvgIpc) is 2.40. The predicted octanol–water partition coefficient (Wildman–Crippen LogP) is 2.40. The van der Waals surface area contributed by atoms with Crippen LogP contribution in [0.25, 0.3) is 0 Å². The predicted molar refractivity (Wildman–Crippen MR) is 70.7 cm³/mol. The molecular weight excluding hydrogens is 269 g/mol. The molecule has 0 radical (unpaired) electrons. The molecule has 1 aliphatic carbocycles. The van der Waals surface area contributed by atoms with Crippen molar-refractivity contribution in [3.63, 3.8) is 0 Å². The van der Waals surface area contributed by atoms with Crippen molar-refractivity contribution in [3.8, 4) is 0 Å². The minimum Gasteiger partial charge on any atom is -0.389 e. The lowest BCUT2D eigenvalue weighted by molar-refractivity contribution is -0.0614. The first-order valence-corrected chi connectivity index (χ1v) is 7.12. The zero-order valence-corrected chi connectivity index (χ0v) is 11.4. The van der Waals surface area contributed by atoms with E-state index in [1.54, 1.807) is 0 Å². The van der Waals surface area contributed by atoms with Crippen molar-refractivity contribution in [1.29, 1.82) is 0 Å². The van der Waals surface area contributed by atoms with Gasteiger partial charge >= 0.3 is 0 Å². The van der Waals surface area contributed by atoms with E-state index in [2.05, 4.69) is 9.97 Å². The smallest absolute Gasteiger partial charge is 0.224 e. The number of aromatic nitrogens is 2. The van der Waals surface area contributed by atoms with Gasteiger partial charge in [-0.2, -0.15) is 4.98 Å². The molecule has 1 aromatic heterocycles. The Morgan fingerprint density at radius 3 is 3.11 bits per heavy atom. The molecule has 19 heavy (non-hydrogen) atoms. The number of fused-ring (bicyclic) bond motifs is 1. The highest BCUT2D eigenvalue weighted by Crippen LogP contribution is 2.40. The molecule has 1 aliphatic heterocycles. The molecule has 1 N–H and O–H groups in total. The first-order valence-electron chi connectivity index (χ1n) is 6.74. The lowest BCUT2D eigenvalue weighted by Crippen LogP contribution is -2.53. The Morgan fingerprint density at radius 2 is 2.26 bits per heavy atom. The Kier molecular flexibility index (Phi) is 3.35. The molecule has 104 valence electrons. The van der Waals surface area contributed by atoms with E-state index in [9.17, 15) is 9.50 Å². The Labute approximate surface area is 116 Å². The number of anilines is 1. The Bertz CT molecular complexity index is 487. The molecule has 1 aromatic rings. The van der Waals surface area contributed by atoms with Crippen LogP contribution in [0.3, 0.4) is 0 Å². The van der Waals surface area contributed by atoms with Crippen LogP contribution in [-0.2, 0) is 0 Å². The molecule has 2 unspecified atom stereocenters. The number of piperidine rings is 1. The van der Waals surface area contributed by atoms with Crippen molar-refractivity contribution < 1.29 is 9.50 Å². The second kappa shape index (κ2) is 4.87. The van der Waals surface area contributed by atoms with Crippen molar-refractivity contribution >= 4 is 17.4 Å². The number of hydrogen-bond acceptors (Lipinski definition) is 4. The fraction of sp³-hybridized carbons (Fsp3) is 0.692. The maximum atomic E-state index is 13.8. The van der Waals surface area contributed by atoms with E-state index in [1.807, 2.05) is 4.90 Å². The van der Waals surface area contributed by atoms with Gasteiger partial charge in [0.15, 0.2) is 11.6 Å². The third-order valence-electron chi connectivity index (χ3n) is 4.42. The number of rotatable bonds is 1. The van der Waals surface area contributed by atoms with Gasteiger partial charge in [-0.25, -0.2) is 9.37 Å². The summed E-state index contributed by atoms with van der Waals surface area (Å²) >= 11 is 5.74. The van der Waals surface area contributed by atoms with E-state index in [4.69, 9.17) is 11.6 Å². The summed E-state index contributed by atoms with van der Waals surface area (Å²) in [7, 11) is 0. The van der Waals surface area contributed by atoms with Gasteiger partial charge in [-0.05, 0) is 30.9 Å². The molecule has 6 heteroatoms. The second-order valence-electron chi connectivity index (χ2n) is 5.55. The summed E-state index contributed by atoms with van der Waals surface area (Å²) in [6, 6.07) is 0. The number of halogens is 2. The second-order valence-corrected chi connectivity index (χ2v) is 5.89. The standard InChI is InChI=1S/C13H17ClFN3O/c14-12-16-7-10(15)11(17-12)18-6-5-13(19)4-2-1-3-9(13)8-18/h7,9,19H,1-6,8H2. The molecule has 0 amide bonds. The lowest BCUT2D eigenvalue weighted by atomic mass is 9.71. The number of aliphatic hydroxyl groups is 1. The highest BCUT2D eigenvalue weighted by Gasteiger charge is 2.43. The topological polar surface area (TPSA) is 49.2 Å². The van der Waals surface area contributed by atoms with E-state index < -0.39 is 11.4 Å². The van der Waals surface area contributed by atoms with E-state index in [1.165, 1.54) is 0 Å². The molecule has 0 spiro atoms. The van der Waals surface area contributed by atoms with Crippen LogP contribution in [0, 0.1) is 11.7 Å². The van der Waals surface area contributed by atoms with Gasteiger partial charge in [0.25, 0.3) is 0 Å². The summed E-state index contributed by atoms with van der Waals surface area (Å²) in [6.07, 6.45) is 5.84.